The Morgan fingerprint density at radius 2 is 2.38 bits per heavy atom. The van der Waals surface area contributed by atoms with E-state index in [1.54, 1.807) is 0 Å². The molecule has 2 heterocycles. The quantitative estimate of drug-likeness (QED) is 0.832. The fourth-order valence-corrected chi connectivity index (χ4v) is 1.84. The second-order valence-corrected chi connectivity index (χ2v) is 4.00. The molecule has 2 aromatic heterocycles. The van der Waals surface area contributed by atoms with Crippen LogP contribution in [-0.2, 0) is 0 Å². The number of aromatic hydroxyl groups is 1. The molecule has 82 valence electrons. The van der Waals surface area contributed by atoms with Crippen molar-refractivity contribution in [1.82, 2.24) is 9.97 Å². The van der Waals surface area contributed by atoms with Gasteiger partial charge in [0.25, 0.3) is 5.91 Å². The number of amides is 1. The van der Waals surface area contributed by atoms with Crippen molar-refractivity contribution in [2.75, 3.05) is 5.32 Å². The van der Waals surface area contributed by atoms with E-state index in [9.17, 15) is 9.90 Å². The highest BCUT2D eigenvalue weighted by Gasteiger charge is 2.12. The molecule has 0 bridgehead atoms. The maximum Gasteiger partial charge on any atom is 0.261 e. The molecule has 2 rings (SSSR count). The molecule has 2 N–H and O–H groups in total. The summed E-state index contributed by atoms with van der Waals surface area (Å²) in [6.45, 7) is 1.84. The molecule has 1 amide bonds. The van der Waals surface area contributed by atoms with Crippen molar-refractivity contribution in [2.45, 2.75) is 6.92 Å². The standard InChI is InChI=1S/C10H9N3O2S/c1-6-5-16-10(12-6)13-9(15)7-2-3-11-4-8(7)14/h2-5,14H,1H3,(H,12,13,15). The van der Waals surface area contributed by atoms with E-state index >= 15 is 0 Å². The Bertz CT molecular complexity index is 524. The number of thiazole rings is 1. The van der Waals surface area contributed by atoms with Crippen LogP contribution < -0.4 is 5.32 Å². The van der Waals surface area contributed by atoms with Crippen LogP contribution in [0, 0.1) is 6.92 Å². The van der Waals surface area contributed by atoms with Gasteiger partial charge in [-0.1, -0.05) is 0 Å². The van der Waals surface area contributed by atoms with Crippen LogP contribution in [0.1, 0.15) is 16.1 Å². The maximum atomic E-state index is 11.7. The molecule has 0 saturated carbocycles. The molecule has 0 unspecified atom stereocenters. The van der Waals surface area contributed by atoms with Gasteiger partial charge in [-0.05, 0) is 13.0 Å². The number of carbonyl (C=O) groups is 1. The predicted octanol–water partition coefficient (Wildman–Crippen LogP) is 1.80. The van der Waals surface area contributed by atoms with Crippen molar-refractivity contribution in [3.63, 3.8) is 0 Å². The summed E-state index contributed by atoms with van der Waals surface area (Å²) in [6.07, 6.45) is 2.67. The molecular weight excluding hydrogens is 226 g/mol. The summed E-state index contributed by atoms with van der Waals surface area (Å²) in [5.74, 6) is -0.539. The summed E-state index contributed by atoms with van der Waals surface area (Å²) in [6, 6.07) is 1.45. The van der Waals surface area contributed by atoms with Gasteiger partial charge in [-0.25, -0.2) is 4.98 Å². The first kappa shape index (κ1) is 10.6. The molecule has 0 fully saturated rings. The average Bonchev–Trinajstić information content (AvgIpc) is 2.64. The SMILES string of the molecule is Cc1csc(NC(=O)c2ccncc2O)n1. The average molecular weight is 235 g/mol. The van der Waals surface area contributed by atoms with E-state index < -0.39 is 5.91 Å². The number of pyridine rings is 1. The summed E-state index contributed by atoms with van der Waals surface area (Å²) in [5, 5.41) is 14.4. The Morgan fingerprint density at radius 3 is 3.00 bits per heavy atom. The number of nitrogens with one attached hydrogen (secondary N) is 1. The van der Waals surface area contributed by atoms with Gasteiger partial charge in [0.2, 0.25) is 0 Å². The van der Waals surface area contributed by atoms with Gasteiger partial charge in [0.15, 0.2) is 5.13 Å². The first-order valence-corrected chi connectivity index (χ1v) is 5.41. The molecule has 0 atom stereocenters. The van der Waals surface area contributed by atoms with E-state index in [1.165, 1.54) is 29.8 Å². The highest BCUT2D eigenvalue weighted by atomic mass is 32.1. The number of carbonyl (C=O) groups excluding carboxylic acids is 1. The second kappa shape index (κ2) is 4.28. The molecule has 5 nitrogen and oxygen atoms in total. The van der Waals surface area contributed by atoms with Crippen LogP contribution in [-0.4, -0.2) is 21.0 Å². The molecule has 2 aromatic rings. The fourth-order valence-electron chi connectivity index (χ4n) is 1.15. The molecular formula is C10H9N3O2S. The molecule has 0 aliphatic heterocycles. The third-order valence-electron chi connectivity index (χ3n) is 1.88. The monoisotopic (exact) mass is 235 g/mol. The van der Waals surface area contributed by atoms with Gasteiger partial charge in [-0.15, -0.1) is 11.3 Å². The van der Waals surface area contributed by atoms with Crippen molar-refractivity contribution >= 4 is 22.4 Å². The van der Waals surface area contributed by atoms with E-state index in [0.717, 1.165) is 5.69 Å². The lowest BCUT2D eigenvalue weighted by Gasteiger charge is -2.02. The number of nitrogens with zero attached hydrogens (tertiary/aromatic N) is 2. The maximum absolute atomic E-state index is 11.7. The Balaban J connectivity index is 2.18. The van der Waals surface area contributed by atoms with Gasteiger partial charge in [0.05, 0.1) is 17.5 Å². The van der Waals surface area contributed by atoms with Gasteiger partial charge in [-0.3, -0.25) is 15.1 Å². The van der Waals surface area contributed by atoms with E-state index in [-0.39, 0.29) is 11.3 Å². The molecule has 6 heteroatoms. The highest BCUT2D eigenvalue weighted by molar-refractivity contribution is 7.13. The molecule has 0 aliphatic rings. The summed E-state index contributed by atoms with van der Waals surface area (Å²) in [5.41, 5.74) is 1.03. The number of anilines is 1. The van der Waals surface area contributed by atoms with Crippen LogP contribution in [0.2, 0.25) is 0 Å². The van der Waals surface area contributed by atoms with E-state index in [1.807, 2.05) is 12.3 Å². The second-order valence-electron chi connectivity index (χ2n) is 3.14. The topological polar surface area (TPSA) is 75.1 Å². The molecule has 0 spiro atoms. The van der Waals surface area contributed by atoms with Crippen molar-refractivity contribution in [2.24, 2.45) is 0 Å². The predicted molar refractivity (Wildman–Crippen MR) is 60.7 cm³/mol. The minimum atomic E-state index is -0.394. The first-order chi connectivity index (χ1) is 7.66. The number of aromatic nitrogens is 2. The minimum Gasteiger partial charge on any atom is -0.505 e. The van der Waals surface area contributed by atoms with Crippen molar-refractivity contribution < 1.29 is 9.90 Å². The summed E-state index contributed by atoms with van der Waals surface area (Å²) >= 11 is 1.34. The molecule has 0 aliphatic carbocycles. The van der Waals surface area contributed by atoms with E-state index in [0.29, 0.717) is 5.13 Å². The summed E-state index contributed by atoms with van der Waals surface area (Å²) in [7, 11) is 0. The highest BCUT2D eigenvalue weighted by Crippen LogP contribution is 2.18. The first-order valence-electron chi connectivity index (χ1n) is 4.53. The van der Waals surface area contributed by atoms with Gasteiger partial charge in [-0.2, -0.15) is 0 Å². The van der Waals surface area contributed by atoms with Crippen LogP contribution in [0.25, 0.3) is 0 Å². The largest absolute Gasteiger partial charge is 0.505 e. The third kappa shape index (κ3) is 2.17. The van der Waals surface area contributed by atoms with Crippen molar-refractivity contribution in [3.8, 4) is 5.75 Å². The Kier molecular flexibility index (Phi) is 2.82. The molecule has 16 heavy (non-hydrogen) atoms. The van der Waals surface area contributed by atoms with Crippen molar-refractivity contribution in [3.05, 3.63) is 35.1 Å². The van der Waals surface area contributed by atoms with Crippen molar-refractivity contribution in [1.29, 1.82) is 0 Å². The summed E-state index contributed by atoms with van der Waals surface area (Å²) < 4.78 is 0. The Hall–Kier alpha value is -1.95. The summed E-state index contributed by atoms with van der Waals surface area (Å²) in [4.78, 5) is 19.5. The lowest BCUT2D eigenvalue weighted by Crippen LogP contribution is -2.11. The van der Waals surface area contributed by atoms with Crippen LogP contribution in [0.3, 0.4) is 0 Å². The lowest BCUT2D eigenvalue weighted by molar-refractivity contribution is 0.102. The van der Waals surface area contributed by atoms with Gasteiger partial charge < -0.3 is 5.11 Å². The van der Waals surface area contributed by atoms with Gasteiger partial charge in [0, 0.05) is 11.6 Å². The fraction of sp³-hybridized carbons (Fsp3) is 0.100. The zero-order valence-corrected chi connectivity index (χ0v) is 9.28. The third-order valence-corrected chi connectivity index (χ3v) is 2.76. The lowest BCUT2D eigenvalue weighted by atomic mass is 10.2. The Labute approximate surface area is 95.8 Å². The number of aryl methyl sites for hydroxylation is 1. The van der Waals surface area contributed by atoms with E-state index in [2.05, 4.69) is 15.3 Å². The van der Waals surface area contributed by atoms with Gasteiger partial charge in [0.1, 0.15) is 5.75 Å². The van der Waals surface area contributed by atoms with Crippen LogP contribution >= 0.6 is 11.3 Å². The van der Waals surface area contributed by atoms with Crippen LogP contribution in [0.4, 0.5) is 5.13 Å². The number of rotatable bonds is 2. The van der Waals surface area contributed by atoms with Gasteiger partial charge >= 0.3 is 0 Å². The van der Waals surface area contributed by atoms with E-state index in [4.69, 9.17) is 0 Å². The smallest absolute Gasteiger partial charge is 0.261 e. The number of hydrogen-bond donors (Lipinski definition) is 2. The normalized spacial score (nSPS) is 10.1. The number of hydrogen-bond acceptors (Lipinski definition) is 5. The molecule has 0 saturated heterocycles. The molecule has 0 radical (unpaired) electrons. The molecule has 0 aromatic carbocycles. The minimum absolute atomic E-state index is 0.145. The zero-order chi connectivity index (χ0) is 11.5. The Morgan fingerprint density at radius 1 is 1.56 bits per heavy atom. The van der Waals surface area contributed by atoms with Crippen LogP contribution in [0.15, 0.2) is 23.8 Å². The van der Waals surface area contributed by atoms with Crippen LogP contribution in [0.5, 0.6) is 5.75 Å². The zero-order valence-electron chi connectivity index (χ0n) is 8.47.